The smallest absolute Gasteiger partial charge is 0.209 e. The molecule has 0 N–H and O–H groups in total. The van der Waals surface area contributed by atoms with E-state index < -0.39 is 0 Å². The van der Waals surface area contributed by atoms with E-state index in [-0.39, 0.29) is 0 Å². The highest BCUT2D eigenvalue weighted by Gasteiger charge is 2.05. The third-order valence-electron chi connectivity index (χ3n) is 2.55. The highest BCUT2D eigenvalue weighted by molar-refractivity contribution is 6.16. The van der Waals surface area contributed by atoms with Crippen LogP contribution in [0.5, 0.6) is 0 Å². The molecule has 3 heteroatoms. The van der Waals surface area contributed by atoms with Gasteiger partial charge in [-0.2, -0.15) is 0 Å². The Morgan fingerprint density at radius 2 is 1.94 bits per heavy atom. The summed E-state index contributed by atoms with van der Waals surface area (Å²) < 4.78 is 5.50. The van der Waals surface area contributed by atoms with E-state index in [1.54, 1.807) is 6.20 Å². The molecule has 90 valence electrons. The first kappa shape index (κ1) is 12.2. The average molecular weight is 250 g/mol. The second kappa shape index (κ2) is 5.37. The van der Waals surface area contributed by atoms with E-state index in [4.69, 9.17) is 16.0 Å². The number of halogens is 1. The van der Waals surface area contributed by atoms with Gasteiger partial charge in [0.2, 0.25) is 5.89 Å². The third-order valence-corrected chi connectivity index (χ3v) is 2.78. The van der Waals surface area contributed by atoms with Crippen LogP contribution >= 0.6 is 11.6 Å². The quantitative estimate of drug-likeness (QED) is 0.756. The van der Waals surface area contributed by atoms with Gasteiger partial charge >= 0.3 is 0 Å². The molecule has 17 heavy (non-hydrogen) atoms. The van der Waals surface area contributed by atoms with E-state index in [1.165, 1.54) is 5.56 Å². The van der Waals surface area contributed by atoms with Crippen LogP contribution in [0, 0.1) is 5.92 Å². The van der Waals surface area contributed by atoms with Gasteiger partial charge in [0.15, 0.2) is 5.76 Å². The second-order valence-corrected chi connectivity index (χ2v) is 4.81. The summed E-state index contributed by atoms with van der Waals surface area (Å²) >= 11 is 5.65. The van der Waals surface area contributed by atoms with E-state index in [0.29, 0.717) is 17.7 Å². The fourth-order valence-corrected chi connectivity index (χ4v) is 1.91. The molecular formula is C14H16ClNO. The zero-order valence-electron chi connectivity index (χ0n) is 10.1. The van der Waals surface area contributed by atoms with Crippen LogP contribution < -0.4 is 0 Å². The zero-order valence-corrected chi connectivity index (χ0v) is 10.9. The normalized spacial score (nSPS) is 11.1. The molecule has 0 radical (unpaired) electrons. The summed E-state index contributed by atoms with van der Waals surface area (Å²) in [6, 6.07) is 8.41. The van der Waals surface area contributed by atoms with Crippen LogP contribution in [0.15, 0.2) is 34.9 Å². The van der Waals surface area contributed by atoms with Crippen LogP contribution in [-0.2, 0) is 12.3 Å². The van der Waals surface area contributed by atoms with Crippen LogP contribution in [0.1, 0.15) is 25.3 Å². The lowest BCUT2D eigenvalue weighted by Crippen LogP contribution is -1.93. The van der Waals surface area contributed by atoms with Crippen molar-refractivity contribution in [2.75, 3.05) is 0 Å². The Morgan fingerprint density at radius 3 is 2.47 bits per heavy atom. The predicted octanol–water partition coefficient (Wildman–Crippen LogP) is 4.28. The molecule has 0 aliphatic heterocycles. The van der Waals surface area contributed by atoms with Crippen molar-refractivity contribution < 1.29 is 4.42 Å². The summed E-state index contributed by atoms with van der Waals surface area (Å²) in [5.41, 5.74) is 2.39. The van der Waals surface area contributed by atoms with Crippen molar-refractivity contribution >= 4 is 11.6 Å². The van der Waals surface area contributed by atoms with Gasteiger partial charge in [-0.25, -0.2) is 4.98 Å². The Labute approximate surface area is 107 Å². The molecule has 1 aromatic carbocycles. The van der Waals surface area contributed by atoms with E-state index in [0.717, 1.165) is 17.7 Å². The number of benzene rings is 1. The standard InChI is InChI=1S/C14H16ClNO/c1-10(2)7-11-3-5-12(6-4-11)13-9-16-14(8-15)17-13/h3-6,9-10H,7-8H2,1-2H3. The van der Waals surface area contributed by atoms with Gasteiger partial charge in [-0.1, -0.05) is 38.1 Å². The number of oxazole rings is 1. The first-order valence-corrected chi connectivity index (χ1v) is 6.32. The van der Waals surface area contributed by atoms with Crippen molar-refractivity contribution in [3.05, 3.63) is 41.9 Å². The maximum absolute atomic E-state index is 5.65. The Kier molecular flexibility index (Phi) is 3.85. The zero-order chi connectivity index (χ0) is 12.3. The van der Waals surface area contributed by atoms with Gasteiger partial charge in [0.1, 0.15) is 0 Å². The van der Waals surface area contributed by atoms with Crippen molar-refractivity contribution in [2.24, 2.45) is 5.92 Å². The molecule has 1 heterocycles. The van der Waals surface area contributed by atoms with Crippen LogP contribution in [0.25, 0.3) is 11.3 Å². The van der Waals surface area contributed by atoms with Gasteiger partial charge in [0.05, 0.1) is 12.1 Å². The first-order chi connectivity index (χ1) is 8.19. The molecule has 0 bridgehead atoms. The molecule has 0 amide bonds. The SMILES string of the molecule is CC(C)Cc1ccc(-c2cnc(CCl)o2)cc1. The molecule has 1 aromatic heterocycles. The van der Waals surface area contributed by atoms with Crippen molar-refractivity contribution in [2.45, 2.75) is 26.1 Å². The van der Waals surface area contributed by atoms with Crippen LogP contribution in [-0.4, -0.2) is 4.98 Å². The minimum absolute atomic E-state index is 0.311. The molecule has 0 atom stereocenters. The minimum Gasteiger partial charge on any atom is -0.439 e. The second-order valence-electron chi connectivity index (χ2n) is 4.55. The van der Waals surface area contributed by atoms with Gasteiger partial charge in [-0.05, 0) is 17.9 Å². The van der Waals surface area contributed by atoms with Gasteiger partial charge in [-0.15, -0.1) is 11.6 Å². The Bertz CT molecular complexity index is 473. The number of nitrogens with zero attached hydrogens (tertiary/aromatic N) is 1. The Hall–Kier alpha value is -1.28. The highest BCUT2D eigenvalue weighted by atomic mass is 35.5. The van der Waals surface area contributed by atoms with Crippen molar-refractivity contribution in [1.29, 1.82) is 0 Å². The summed E-state index contributed by atoms with van der Waals surface area (Å²) in [5, 5.41) is 0. The van der Waals surface area contributed by atoms with E-state index in [2.05, 4.69) is 43.1 Å². The summed E-state index contributed by atoms with van der Waals surface area (Å²) in [7, 11) is 0. The summed E-state index contributed by atoms with van der Waals surface area (Å²) in [6.45, 7) is 4.44. The van der Waals surface area contributed by atoms with E-state index in [9.17, 15) is 0 Å². The lowest BCUT2D eigenvalue weighted by molar-refractivity contribution is 0.528. The molecule has 0 fully saturated rings. The van der Waals surface area contributed by atoms with E-state index in [1.807, 2.05) is 0 Å². The monoisotopic (exact) mass is 249 g/mol. The van der Waals surface area contributed by atoms with Crippen molar-refractivity contribution in [3.8, 4) is 11.3 Å². The maximum atomic E-state index is 5.65. The molecular weight excluding hydrogens is 234 g/mol. The van der Waals surface area contributed by atoms with Crippen LogP contribution in [0.2, 0.25) is 0 Å². The number of hydrogen-bond acceptors (Lipinski definition) is 2. The first-order valence-electron chi connectivity index (χ1n) is 5.79. The largest absolute Gasteiger partial charge is 0.439 e. The molecule has 2 rings (SSSR count). The molecule has 2 aromatic rings. The molecule has 0 saturated carbocycles. The van der Waals surface area contributed by atoms with Gasteiger partial charge in [0.25, 0.3) is 0 Å². The van der Waals surface area contributed by atoms with Crippen LogP contribution in [0.4, 0.5) is 0 Å². The maximum Gasteiger partial charge on any atom is 0.209 e. The Morgan fingerprint density at radius 1 is 1.24 bits per heavy atom. The van der Waals surface area contributed by atoms with Crippen molar-refractivity contribution in [3.63, 3.8) is 0 Å². The molecule has 2 nitrogen and oxygen atoms in total. The molecule has 0 aliphatic carbocycles. The van der Waals surface area contributed by atoms with Crippen LogP contribution in [0.3, 0.4) is 0 Å². The molecule has 0 unspecified atom stereocenters. The fraction of sp³-hybridized carbons (Fsp3) is 0.357. The summed E-state index contributed by atoms with van der Waals surface area (Å²) in [5.74, 6) is 2.32. The molecule has 0 saturated heterocycles. The summed E-state index contributed by atoms with van der Waals surface area (Å²) in [4.78, 5) is 4.08. The lowest BCUT2D eigenvalue weighted by Gasteiger charge is -2.05. The average Bonchev–Trinajstić information content (AvgIpc) is 2.78. The van der Waals surface area contributed by atoms with E-state index >= 15 is 0 Å². The predicted molar refractivity (Wildman–Crippen MR) is 70.0 cm³/mol. The fourth-order valence-electron chi connectivity index (χ4n) is 1.78. The minimum atomic E-state index is 0.311. The summed E-state index contributed by atoms with van der Waals surface area (Å²) in [6.07, 6.45) is 2.82. The lowest BCUT2D eigenvalue weighted by atomic mass is 10.0. The van der Waals surface area contributed by atoms with Gasteiger partial charge in [-0.3, -0.25) is 0 Å². The third kappa shape index (κ3) is 3.10. The number of alkyl halides is 1. The number of aromatic nitrogens is 1. The van der Waals surface area contributed by atoms with Gasteiger partial charge in [0, 0.05) is 5.56 Å². The Balaban J connectivity index is 2.17. The van der Waals surface area contributed by atoms with Gasteiger partial charge < -0.3 is 4.42 Å². The number of hydrogen-bond donors (Lipinski definition) is 0. The molecule has 0 spiro atoms. The topological polar surface area (TPSA) is 26.0 Å². The highest BCUT2D eigenvalue weighted by Crippen LogP contribution is 2.22. The van der Waals surface area contributed by atoms with Crippen molar-refractivity contribution in [1.82, 2.24) is 4.98 Å². The number of rotatable bonds is 4. The molecule has 0 aliphatic rings.